The van der Waals surface area contributed by atoms with Crippen LogP contribution >= 0.6 is 0 Å². The average molecular weight is 257 g/mol. The van der Waals surface area contributed by atoms with E-state index in [1.54, 1.807) is 0 Å². The lowest BCUT2D eigenvalue weighted by Crippen LogP contribution is -2.27. The van der Waals surface area contributed by atoms with Crippen LogP contribution in [0.25, 0.3) is 10.8 Å². The van der Waals surface area contributed by atoms with Crippen molar-refractivity contribution in [3.8, 4) is 0 Å². The first kappa shape index (κ1) is 13.6. The van der Waals surface area contributed by atoms with Crippen LogP contribution in [0, 0.1) is 0 Å². The summed E-state index contributed by atoms with van der Waals surface area (Å²) in [4.78, 5) is 11.5. The first-order valence-corrected chi connectivity index (χ1v) is 6.43. The van der Waals surface area contributed by atoms with Crippen molar-refractivity contribution in [2.45, 2.75) is 25.3 Å². The van der Waals surface area contributed by atoms with E-state index in [0.29, 0.717) is 6.42 Å². The van der Waals surface area contributed by atoms with Crippen molar-refractivity contribution in [1.29, 1.82) is 0 Å². The standard InChI is InChI=1S/C16H19NO2/c1-11(17)15(10-16(18)19-2)14-8-7-12-5-3-4-6-13(12)9-14/h3-9,11,15H,10,17H2,1-2H3. The summed E-state index contributed by atoms with van der Waals surface area (Å²) < 4.78 is 4.75. The smallest absolute Gasteiger partial charge is 0.306 e. The highest BCUT2D eigenvalue weighted by atomic mass is 16.5. The highest BCUT2D eigenvalue weighted by molar-refractivity contribution is 5.83. The van der Waals surface area contributed by atoms with Crippen molar-refractivity contribution < 1.29 is 9.53 Å². The van der Waals surface area contributed by atoms with Gasteiger partial charge in [0.25, 0.3) is 0 Å². The van der Waals surface area contributed by atoms with E-state index in [1.165, 1.54) is 12.5 Å². The predicted molar refractivity (Wildman–Crippen MR) is 77.0 cm³/mol. The monoisotopic (exact) mass is 257 g/mol. The van der Waals surface area contributed by atoms with Gasteiger partial charge in [-0.05, 0) is 23.3 Å². The van der Waals surface area contributed by atoms with Crippen molar-refractivity contribution in [3.05, 3.63) is 48.0 Å². The van der Waals surface area contributed by atoms with Crippen molar-refractivity contribution in [3.63, 3.8) is 0 Å². The number of hydrogen-bond acceptors (Lipinski definition) is 3. The molecule has 0 heterocycles. The zero-order valence-electron chi connectivity index (χ0n) is 11.3. The number of benzene rings is 2. The molecule has 2 N–H and O–H groups in total. The molecule has 3 nitrogen and oxygen atoms in total. The summed E-state index contributed by atoms with van der Waals surface area (Å²) >= 11 is 0. The van der Waals surface area contributed by atoms with E-state index >= 15 is 0 Å². The van der Waals surface area contributed by atoms with Gasteiger partial charge >= 0.3 is 5.97 Å². The third kappa shape index (κ3) is 3.12. The van der Waals surface area contributed by atoms with Crippen LogP contribution in [-0.2, 0) is 9.53 Å². The van der Waals surface area contributed by atoms with Crippen LogP contribution in [0.4, 0.5) is 0 Å². The largest absolute Gasteiger partial charge is 0.469 e. The molecular weight excluding hydrogens is 238 g/mol. The van der Waals surface area contributed by atoms with Gasteiger partial charge in [0.15, 0.2) is 0 Å². The lowest BCUT2D eigenvalue weighted by molar-refractivity contribution is -0.141. The van der Waals surface area contributed by atoms with E-state index in [-0.39, 0.29) is 17.9 Å². The summed E-state index contributed by atoms with van der Waals surface area (Å²) in [5.74, 6) is -0.243. The van der Waals surface area contributed by atoms with Crippen molar-refractivity contribution in [2.75, 3.05) is 7.11 Å². The van der Waals surface area contributed by atoms with Gasteiger partial charge in [0, 0.05) is 12.0 Å². The van der Waals surface area contributed by atoms with Gasteiger partial charge < -0.3 is 10.5 Å². The molecule has 2 rings (SSSR count). The SMILES string of the molecule is COC(=O)CC(c1ccc2ccccc2c1)C(C)N. The fourth-order valence-corrected chi connectivity index (χ4v) is 2.31. The summed E-state index contributed by atoms with van der Waals surface area (Å²) in [5, 5.41) is 2.35. The second-order valence-electron chi connectivity index (χ2n) is 4.85. The van der Waals surface area contributed by atoms with Crippen LogP contribution in [0.2, 0.25) is 0 Å². The number of esters is 1. The molecule has 0 aliphatic heterocycles. The van der Waals surface area contributed by atoms with Crippen LogP contribution in [0.5, 0.6) is 0 Å². The topological polar surface area (TPSA) is 52.3 Å². The van der Waals surface area contributed by atoms with Gasteiger partial charge in [-0.1, -0.05) is 42.5 Å². The maximum Gasteiger partial charge on any atom is 0.306 e. The van der Waals surface area contributed by atoms with Crippen molar-refractivity contribution in [2.24, 2.45) is 5.73 Å². The molecule has 0 spiro atoms. The van der Waals surface area contributed by atoms with Crippen LogP contribution < -0.4 is 5.73 Å². The van der Waals surface area contributed by atoms with E-state index in [4.69, 9.17) is 10.5 Å². The second-order valence-corrected chi connectivity index (χ2v) is 4.85. The number of nitrogens with two attached hydrogens (primary N) is 1. The van der Waals surface area contributed by atoms with Crippen LogP contribution in [0.1, 0.15) is 24.8 Å². The Morgan fingerprint density at radius 1 is 1.21 bits per heavy atom. The first-order chi connectivity index (χ1) is 9.11. The Kier molecular flexibility index (Phi) is 4.17. The third-order valence-corrected chi connectivity index (χ3v) is 3.45. The molecular formula is C16H19NO2. The summed E-state index contributed by atoms with van der Waals surface area (Å²) in [7, 11) is 1.40. The van der Waals surface area contributed by atoms with Gasteiger partial charge in [0.05, 0.1) is 13.5 Å². The first-order valence-electron chi connectivity index (χ1n) is 6.43. The normalized spacial score (nSPS) is 14.1. The van der Waals surface area contributed by atoms with E-state index < -0.39 is 0 Å². The molecule has 0 saturated heterocycles. The molecule has 2 aromatic rings. The number of ether oxygens (including phenoxy) is 1. The maximum absolute atomic E-state index is 11.5. The number of carbonyl (C=O) groups excluding carboxylic acids is 1. The Morgan fingerprint density at radius 2 is 1.89 bits per heavy atom. The maximum atomic E-state index is 11.5. The molecule has 19 heavy (non-hydrogen) atoms. The van der Waals surface area contributed by atoms with E-state index in [9.17, 15) is 4.79 Å². The number of methoxy groups -OCH3 is 1. The molecule has 0 bridgehead atoms. The highest BCUT2D eigenvalue weighted by Gasteiger charge is 2.20. The lowest BCUT2D eigenvalue weighted by Gasteiger charge is -2.20. The molecule has 2 unspecified atom stereocenters. The Morgan fingerprint density at radius 3 is 2.53 bits per heavy atom. The molecule has 0 fully saturated rings. The van der Waals surface area contributed by atoms with E-state index in [0.717, 1.165) is 10.9 Å². The molecule has 100 valence electrons. The zero-order valence-corrected chi connectivity index (χ0v) is 11.3. The lowest BCUT2D eigenvalue weighted by atomic mass is 9.88. The fraction of sp³-hybridized carbons (Fsp3) is 0.312. The quantitative estimate of drug-likeness (QED) is 0.857. The van der Waals surface area contributed by atoms with Gasteiger partial charge in [-0.2, -0.15) is 0 Å². The Labute approximate surface area is 113 Å². The second kappa shape index (κ2) is 5.85. The molecule has 0 aromatic heterocycles. The van der Waals surface area contributed by atoms with E-state index in [1.807, 2.05) is 25.1 Å². The summed E-state index contributed by atoms with van der Waals surface area (Å²) in [6.07, 6.45) is 0.312. The van der Waals surface area contributed by atoms with Crippen molar-refractivity contribution in [1.82, 2.24) is 0 Å². The molecule has 0 saturated carbocycles. The van der Waals surface area contributed by atoms with Crippen molar-refractivity contribution >= 4 is 16.7 Å². The van der Waals surface area contributed by atoms with E-state index in [2.05, 4.69) is 24.3 Å². The number of hydrogen-bond donors (Lipinski definition) is 1. The Bertz CT molecular complexity index is 578. The van der Waals surface area contributed by atoms with Gasteiger partial charge in [0.2, 0.25) is 0 Å². The zero-order chi connectivity index (χ0) is 13.8. The molecule has 3 heteroatoms. The minimum absolute atomic E-state index is 0.0166. The molecule has 0 radical (unpaired) electrons. The minimum Gasteiger partial charge on any atom is -0.469 e. The molecule has 2 atom stereocenters. The van der Waals surface area contributed by atoms with Crippen LogP contribution in [-0.4, -0.2) is 19.1 Å². The fourth-order valence-electron chi connectivity index (χ4n) is 2.31. The van der Waals surface area contributed by atoms with Crippen LogP contribution in [0.15, 0.2) is 42.5 Å². The third-order valence-electron chi connectivity index (χ3n) is 3.45. The minimum atomic E-state index is -0.226. The molecule has 0 aliphatic carbocycles. The van der Waals surface area contributed by atoms with Gasteiger partial charge in [-0.3, -0.25) is 4.79 Å². The van der Waals surface area contributed by atoms with Gasteiger partial charge in [-0.25, -0.2) is 0 Å². The number of rotatable bonds is 4. The molecule has 0 aliphatic rings. The predicted octanol–water partition coefficient (Wildman–Crippen LogP) is 2.83. The summed E-state index contributed by atoms with van der Waals surface area (Å²) in [5.41, 5.74) is 7.09. The molecule has 2 aromatic carbocycles. The average Bonchev–Trinajstić information content (AvgIpc) is 2.43. The summed E-state index contributed by atoms with van der Waals surface area (Å²) in [6.45, 7) is 1.92. The number of fused-ring (bicyclic) bond motifs is 1. The molecule has 0 amide bonds. The van der Waals surface area contributed by atoms with Gasteiger partial charge in [-0.15, -0.1) is 0 Å². The Balaban J connectivity index is 2.36. The van der Waals surface area contributed by atoms with Crippen LogP contribution in [0.3, 0.4) is 0 Å². The Hall–Kier alpha value is -1.87. The summed E-state index contributed by atoms with van der Waals surface area (Å²) in [6, 6.07) is 14.3. The van der Waals surface area contributed by atoms with Gasteiger partial charge in [0.1, 0.15) is 0 Å². The number of carbonyl (C=O) groups is 1. The highest BCUT2D eigenvalue weighted by Crippen LogP contribution is 2.26.